The molecule has 0 aliphatic carbocycles. The van der Waals surface area contributed by atoms with E-state index >= 15 is 0 Å². The van der Waals surface area contributed by atoms with E-state index in [0.717, 1.165) is 32.1 Å². The molecule has 0 aromatic carbocycles. The van der Waals surface area contributed by atoms with E-state index in [1.165, 1.54) is 109 Å². The van der Waals surface area contributed by atoms with Gasteiger partial charge in [-0.3, -0.25) is 13.8 Å². The number of allylic oxidation sites excluding steroid dienone is 2. The Labute approximate surface area is 264 Å². The Bertz CT molecular complexity index is 677. The molecule has 0 aliphatic rings. The van der Waals surface area contributed by atoms with Crippen molar-refractivity contribution in [1.82, 2.24) is 0 Å². The number of ether oxygens (including phenoxy) is 2. The maximum Gasteiger partial charge on any atom is 0.472 e. The molecular formula is C34H68NO7P. The summed E-state index contributed by atoms with van der Waals surface area (Å²) in [6.45, 7) is 4.88. The first-order valence-electron chi connectivity index (χ1n) is 17.7. The molecule has 0 saturated carbocycles. The SMILES string of the molecule is CCCCCCCC/C=C\CCCCCCCCCC(=O)OC(COCCCCCCCCC)COP(=O)(O)OCCN. The van der Waals surface area contributed by atoms with Gasteiger partial charge in [-0.2, -0.15) is 0 Å². The van der Waals surface area contributed by atoms with Gasteiger partial charge in [0.15, 0.2) is 0 Å². The van der Waals surface area contributed by atoms with Gasteiger partial charge >= 0.3 is 13.8 Å². The lowest BCUT2D eigenvalue weighted by atomic mass is 10.1. The van der Waals surface area contributed by atoms with Crippen LogP contribution in [0.15, 0.2) is 12.2 Å². The summed E-state index contributed by atoms with van der Waals surface area (Å²) >= 11 is 0. The number of hydrogen-bond acceptors (Lipinski definition) is 7. The van der Waals surface area contributed by atoms with Gasteiger partial charge in [0.2, 0.25) is 0 Å². The molecule has 2 unspecified atom stereocenters. The molecule has 0 aliphatic heterocycles. The molecule has 2 atom stereocenters. The van der Waals surface area contributed by atoms with Crippen molar-refractivity contribution in [2.45, 2.75) is 168 Å². The van der Waals surface area contributed by atoms with Crippen LogP contribution in [-0.2, 0) is 27.9 Å². The third-order valence-electron chi connectivity index (χ3n) is 7.43. The lowest BCUT2D eigenvalue weighted by Gasteiger charge is -2.20. The molecule has 0 aromatic heterocycles. The monoisotopic (exact) mass is 633 g/mol. The molecule has 0 radical (unpaired) electrons. The molecule has 0 amide bonds. The van der Waals surface area contributed by atoms with Crippen LogP contribution in [0.4, 0.5) is 0 Å². The van der Waals surface area contributed by atoms with Gasteiger partial charge in [0.25, 0.3) is 0 Å². The van der Waals surface area contributed by atoms with Crippen LogP contribution < -0.4 is 5.73 Å². The minimum atomic E-state index is -4.26. The van der Waals surface area contributed by atoms with Crippen molar-refractivity contribution in [3.63, 3.8) is 0 Å². The van der Waals surface area contributed by atoms with E-state index in [1.54, 1.807) is 0 Å². The standard InChI is InChI=1S/C34H68NO7P/c1-3-5-7-9-11-12-13-14-15-16-17-18-19-20-21-23-25-27-34(36)42-33(32-41-43(37,38)40-30-28-35)31-39-29-26-24-22-10-8-6-4-2/h14-15,33H,3-13,16-32,35H2,1-2H3,(H,37,38)/b15-14-. The van der Waals surface area contributed by atoms with Gasteiger partial charge in [0.05, 0.1) is 19.8 Å². The van der Waals surface area contributed by atoms with E-state index in [4.69, 9.17) is 24.3 Å². The van der Waals surface area contributed by atoms with Crippen molar-refractivity contribution in [3.05, 3.63) is 12.2 Å². The van der Waals surface area contributed by atoms with E-state index in [1.807, 2.05) is 0 Å². The Balaban J connectivity index is 4.02. The average molecular weight is 634 g/mol. The molecule has 8 nitrogen and oxygen atoms in total. The summed E-state index contributed by atoms with van der Waals surface area (Å²) in [7, 11) is -4.26. The highest BCUT2D eigenvalue weighted by atomic mass is 31.2. The van der Waals surface area contributed by atoms with Crippen LogP contribution >= 0.6 is 7.82 Å². The maximum absolute atomic E-state index is 12.5. The third kappa shape index (κ3) is 32.4. The number of esters is 1. The summed E-state index contributed by atoms with van der Waals surface area (Å²) in [5.41, 5.74) is 5.33. The summed E-state index contributed by atoms with van der Waals surface area (Å²) in [6, 6.07) is 0. The van der Waals surface area contributed by atoms with Crippen LogP contribution in [-0.4, -0.2) is 49.9 Å². The van der Waals surface area contributed by atoms with Crippen LogP contribution in [0.2, 0.25) is 0 Å². The maximum atomic E-state index is 12.5. The Hall–Kier alpha value is -0.760. The molecule has 43 heavy (non-hydrogen) atoms. The number of unbranched alkanes of at least 4 members (excludes halogenated alkanes) is 19. The molecular weight excluding hydrogens is 565 g/mol. The molecule has 0 spiro atoms. The van der Waals surface area contributed by atoms with Gasteiger partial charge < -0.3 is 20.1 Å². The lowest BCUT2D eigenvalue weighted by molar-refractivity contribution is -0.154. The Morgan fingerprint density at radius 3 is 1.70 bits per heavy atom. The zero-order valence-corrected chi connectivity index (χ0v) is 28.8. The molecule has 0 fully saturated rings. The molecule has 0 rings (SSSR count). The molecule has 0 bridgehead atoms. The Kier molecular flexibility index (Phi) is 32.1. The second-order valence-corrected chi connectivity index (χ2v) is 13.2. The minimum absolute atomic E-state index is 0.0939. The third-order valence-corrected chi connectivity index (χ3v) is 8.42. The predicted molar refractivity (Wildman–Crippen MR) is 178 cm³/mol. The second kappa shape index (κ2) is 32.6. The van der Waals surface area contributed by atoms with Crippen LogP contribution in [0.1, 0.15) is 162 Å². The van der Waals surface area contributed by atoms with E-state index < -0.39 is 13.9 Å². The lowest BCUT2D eigenvalue weighted by Crippen LogP contribution is -2.28. The number of carbonyl (C=O) groups is 1. The average Bonchev–Trinajstić information content (AvgIpc) is 2.99. The molecule has 9 heteroatoms. The molecule has 3 N–H and O–H groups in total. The van der Waals surface area contributed by atoms with E-state index in [0.29, 0.717) is 13.0 Å². The summed E-state index contributed by atoms with van der Waals surface area (Å²) in [6.07, 6.45) is 30.9. The predicted octanol–water partition coefficient (Wildman–Crippen LogP) is 9.58. The fourth-order valence-corrected chi connectivity index (χ4v) is 5.58. The number of phosphoric acid groups is 1. The highest BCUT2D eigenvalue weighted by Gasteiger charge is 2.25. The molecule has 256 valence electrons. The van der Waals surface area contributed by atoms with Gasteiger partial charge in [-0.15, -0.1) is 0 Å². The van der Waals surface area contributed by atoms with Gasteiger partial charge in [0, 0.05) is 19.6 Å². The number of rotatable bonds is 34. The first-order valence-corrected chi connectivity index (χ1v) is 19.2. The van der Waals surface area contributed by atoms with Gasteiger partial charge in [-0.25, -0.2) is 4.57 Å². The highest BCUT2D eigenvalue weighted by molar-refractivity contribution is 7.47. The van der Waals surface area contributed by atoms with Crippen LogP contribution in [0, 0.1) is 0 Å². The van der Waals surface area contributed by atoms with Gasteiger partial charge in [-0.05, 0) is 38.5 Å². The fraction of sp³-hybridized carbons (Fsp3) is 0.912. The van der Waals surface area contributed by atoms with Crippen molar-refractivity contribution < 1.29 is 32.8 Å². The van der Waals surface area contributed by atoms with Crippen molar-refractivity contribution in [2.75, 3.05) is 33.0 Å². The zero-order chi connectivity index (χ0) is 31.7. The van der Waals surface area contributed by atoms with Gasteiger partial charge in [-0.1, -0.05) is 129 Å². The van der Waals surface area contributed by atoms with E-state index in [9.17, 15) is 14.3 Å². The number of nitrogens with two attached hydrogens (primary N) is 1. The smallest absolute Gasteiger partial charge is 0.457 e. The van der Waals surface area contributed by atoms with Crippen LogP contribution in [0.25, 0.3) is 0 Å². The van der Waals surface area contributed by atoms with Crippen molar-refractivity contribution in [1.29, 1.82) is 0 Å². The molecule has 0 heterocycles. The number of hydrogen-bond donors (Lipinski definition) is 2. The summed E-state index contributed by atoms with van der Waals surface area (Å²) in [4.78, 5) is 22.2. The molecule has 0 saturated heterocycles. The minimum Gasteiger partial charge on any atom is -0.457 e. The first kappa shape index (κ1) is 42.2. The van der Waals surface area contributed by atoms with E-state index in [2.05, 4.69) is 26.0 Å². The Morgan fingerprint density at radius 2 is 1.16 bits per heavy atom. The number of carbonyl (C=O) groups excluding carboxylic acids is 1. The second-order valence-electron chi connectivity index (χ2n) is 11.7. The summed E-state index contributed by atoms with van der Waals surface area (Å²) < 4.78 is 33.1. The molecule has 0 aromatic rings. The van der Waals surface area contributed by atoms with Crippen molar-refractivity contribution in [3.8, 4) is 0 Å². The van der Waals surface area contributed by atoms with Crippen LogP contribution in [0.3, 0.4) is 0 Å². The highest BCUT2D eigenvalue weighted by Crippen LogP contribution is 2.43. The fourth-order valence-electron chi connectivity index (χ4n) is 4.81. The first-order chi connectivity index (χ1) is 20.9. The normalized spacial score (nSPS) is 13.9. The quantitative estimate of drug-likeness (QED) is 0.0311. The zero-order valence-electron chi connectivity index (χ0n) is 28.0. The van der Waals surface area contributed by atoms with Gasteiger partial charge in [0.1, 0.15) is 6.10 Å². The van der Waals surface area contributed by atoms with E-state index in [-0.39, 0.29) is 32.3 Å². The summed E-state index contributed by atoms with van der Waals surface area (Å²) in [5.74, 6) is -0.337. The summed E-state index contributed by atoms with van der Waals surface area (Å²) in [5, 5.41) is 0. The van der Waals surface area contributed by atoms with Crippen molar-refractivity contribution in [2.24, 2.45) is 5.73 Å². The van der Waals surface area contributed by atoms with Crippen LogP contribution in [0.5, 0.6) is 0 Å². The Morgan fingerprint density at radius 1 is 0.674 bits per heavy atom. The largest absolute Gasteiger partial charge is 0.472 e. The number of phosphoric ester groups is 1. The topological polar surface area (TPSA) is 117 Å². The van der Waals surface area contributed by atoms with Crippen molar-refractivity contribution >= 4 is 13.8 Å².